The van der Waals surface area contributed by atoms with Gasteiger partial charge in [0.1, 0.15) is 5.75 Å². The van der Waals surface area contributed by atoms with Crippen molar-refractivity contribution in [2.24, 2.45) is 5.92 Å². The smallest absolute Gasteiger partial charge is 0.231 e. The highest BCUT2D eigenvalue weighted by atomic mass is 32.2. The van der Waals surface area contributed by atoms with Crippen LogP contribution in [0.1, 0.15) is 69.1 Å². The van der Waals surface area contributed by atoms with Gasteiger partial charge in [0, 0.05) is 19.1 Å². The van der Waals surface area contributed by atoms with E-state index in [9.17, 15) is 8.42 Å². The van der Waals surface area contributed by atoms with E-state index in [2.05, 4.69) is 10.2 Å². The van der Waals surface area contributed by atoms with E-state index in [1.165, 1.54) is 32.1 Å². The Balaban J connectivity index is 1.52. The second-order valence-corrected chi connectivity index (χ2v) is 8.99. The third kappa shape index (κ3) is 5.01. The number of nitrogens with zero attached hydrogens (tertiary/aromatic N) is 2. The van der Waals surface area contributed by atoms with E-state index in [4.69, 9.17) is 9.15 Å². The molecule has 0 atom stereocenters. The molecule has 2 aliphatic rings. The van der Waals surface area contributed by atoms with E-state index in [0.717, 1.165) is 19.3 Å². The minimum Gasteiger partial charge on any atom is -0.424 e. The zero-order valence-corrected chi connectivity index (χ0v) is 14.4. The zero-order chi connectivity index (χ0) is 16.1. The van der Waals surface area contributed by atoms with Crippen molar-refractivity contribution in [2.75, 3.05) is 19.0 Å². The van der Waals surface area contributed by atoms with Gasteiger partial charge in [-0.15, -0.1) is 10.2 Å². The van der Waals surface area contributed by atoms with Crippen molar-refractivity contribution in [1.29, 1.82) is 0 Å². The number of sulfone groups is 1. The van der Waals surface area contributed by atoms with Crippen molar-refractivity contribution in [3.05, 3.63) is 11.8 Å². The summed E-state index contributed by atoms with van der Waals surface area (Å²) in [5, 5.41) is 7.97. The molecule has 0 aromatic carbocycles. The van der Waals surface area contributed by atoms with Gasteiger partial charge in [-0.3, -0.25) is 0 Å². The molecule has 0 N–H and O–H groups in total. The van der Waals surface area contributed by atoms with Crippen molar-refractivity contribution >= 4 is 9.84 Å². The van der Waals surface area contributed by atoms with Gasteiger partial charge in [0.15, 0.2) is 9.84 Å². The molecule has 3 rings (SSSR count). The summed E-state index contributed by atoms with van der Waals surface area (Å²) in [7, 11) is -3.17. The molecule has 7 heteroatoms. The predicted molar refractivity (Wildman–Crippen MR) is 85.8 cm³/mol. The first-order chi connectivity index (χ1) is 11.1. The Hall–Kier alpha value is -0.950. The van der Waals surface area contributed by atoms with Gasteiger partial charge in [-0.25, -0.2) is 8.42 Å². The maximum Gasteiger partial charge on any atom is 0.231 e. The van der Waals surface area contributed by atoms with E-state index in [1.54, 1.807) is 0 Å². The molecule has 130 valence electrons. The quantitative estimate of drug-likeness (QED) is 0.790. The molecule has 1 aliphatic heterocycles. The molecule has 23 heavy (non-hydrogen) atoms. The number of hydrogen-bond donors (Lipinski definition) is 0. The molecule has 0 bridgehead atoms. The molecule has 1 aromatic rings. The third-order valence-corrected chi connectivity index (χ3v) is 6.50. The average Bonchev–Trinajstić information content (AvgIpc) is 3.03. The molecule has 0 unspecified atom stereocenters. The maximum absolute atomic E-state index is 12.3. The summed E-state index contributed by atoms with van der Waals surface area (Å²) in [5.74, 6) is 1.66. The fourth-order valence-electron chi connectivity index (χ4n) is 3.52. The van der Waals surface area contributed by atoms with Crippen molar-refractivity contribution in [3.63, 3.8) is 0 Å². The van der Waals surface area contributed by atoms with Crippen molar-refractivity contribution in [1.82, 2.24) is 10.2 Å². The molecule has 2 heterocycles. The lowest BCUT2D eigenvalue weighted by Gasteiger charge is -2.21. The molecule has 1 aromatic heterocycles. The number of rotatable bonds is 6. The van der Waals surface area contributed by atoms with Gasteiger partial charge >= 0.3 is 0 Å². The molecule has 0 radical (unpaired) electrons. The number of hydrogen-bond acceptors (Lipinski definition) is 6. The highest BCUT2D eigenvalue weighted by molar-refractivity contribution is 7.90. The van der Waals surface area contributed by atoms with Gasteiger partial charge in [-0.2, -0.15) is 0 Å². The summed E-state index contributed by atoms with van der Waals surface area (Å²) in [5.41, 5.74) is 0. The van der Waals surface area contributed by atoms with Gasteiger partial charge in [0.25, 0.3) is 0 Å². The molecule has 0 amide bonds. The Morgan fingerprint density at radius 3 is 2.48 bits per heavy atom. The van der Waals surface area contributed by atoms with Gasteiger partial charge < -0.3 is 9.15 Å². The van der Waals surface area contributed by atoms with E-state index < -0.39 is 9.84 Å². The first-order valence-electron chi connectivity index (χ1n) is 8.73. The topological polar surface area (TPSA) is 82.3 Å². The molecule has 6 nitrogen and oxygen atoms in total. The van der Waals surface area contributed by atoms with E-state index in [1.807, 2.05) is 0 Å². The van der Waals surface area contributed by atoms with Crippen LogP contribution in [-0.2, 0) is 20.3 Å². The average molecular weight is 342 g/mol. The van der Waals surface area contributed by atoms with Crippen LogP contribution in [0.25, 0.3) is 0 Å². The van der Waals surface area contributed by atoms with Gasteiger partial charge in [0.2, 0.25) is 11.8 Å². The molecule has 1 aliphatic carbocycles. The lowest BCUT2D eigenvalue weighted by molar-refractivity contribution is 0.0792. The fourth-order valence-corrected chi connectivity index (χ4v) is 4.85. The first kappa shape index (κ1) is 16.9. The van der Waals surface area contributed by atoms with E-state index >= 15 is 0 Å². The summed E-state index contributed by atoms with van der Waals surface area (Å²) < 4.78 is 35.5. The lowest BCUT2D eigenvalue weighted by atomic mass is 9.88. The maximum atomic E-state index is 12.3. The van der Waals surface area contributed by atoms with Gasteiger partial charge in [0.05, 0.1) is 5.75 Å². The Morgan fingerprint density at radius 2 is 1.74 bits per heavy atom. The van der Waals surface area contributed by atoms with Crippen LogP contribution >= 0.6 is 0 Å². The fraction of sp³-hybridized carbons (Fsp3) is 0.875. The van der Waals surface area contributed by atoms with Crippen LogP contribution in [0.3, 0.4) is 0 Å². The summed E-state index contributed by atoms with van der Waals surface area (Å²) in [6.45, 7) is 1.39. The van der Waals surface area contributed by atoms with Crippen LogP contribution in [0, 0.1) is 5.92 Å². The minimum absolute atomic E-state index is 0.129. The van der Waals surface area contributed by atoms with Crippen LogP contribution in [-0.4, -0.2) is 37.6 Å². The summed E-state index contributed by atoms with van der Waals surface area (Å²) in [6.07, 6.45) is 8.59. The van der Waals surface area contributed by atoms with Crippen LogP contribution in [0.4, 0.5) is 0 Å². The molecule has 1 saturated carbocycles. The van der Waals surface area contributed by atoms with Crippen molar-refractivity contribution < 1.29 is 17.6 Å². The number of aromatic nitrogens is 2. The molecular weight excluding hydrogens is 316 g/mol. The summed E-state index contributed by atoms with van der Waals surface area (Å²) in [4.78, 5) is 0. The van der Waals surface area contributed by atoms with Crippen molar-refractivity contribution in [2.45, 2.75) is 63.0 Å². The Kier molecular flexibility index (Phi) is 5.69. The molecule has 1 saturated heterocycles. The Labute approximate surface area is 137 Å². The van der Waals surface area contributed by atoms with Crippen molar-refractivity contribution in [3.8, 4) is 0 Å². The molecular formula is C16H26N2O4S. The lowest BCUT2D eigenvalue weighted by Crippen LogP contribution is -2.15. The predicted octanol–water partition coefficient (Wildman–Crippen LogP) is 2.85. The SMILES string of the molecule is O=S(=O)(CCC1CCCCC1)Cc1nnc(C2CCOCC2)o1. The van der Waals surface area contributed by atoms with Crippen LogP contribution in [0.2, 0.25) is 0 Å². The molecule has 2 fully saturated rings. The standard InChI is InChI=1S/C16H26N2O4S/c19-23(20,11-8-13-4-2-1-3-5-13)12-15-17-18-16(22-15)14-6-9-21-10-7-14/h13-14H,1-12H2. The Bertz CT molecular complexity index is 587. The Morgan fingerprint density at radius 1 is 1.00 bits per heavy atom. The molecule has 0 spiro atoms. The number of ether oxygens (including phenoxy) is 1. The summed E-state index contributed by atoms with van der Waals surface area (Å²) in [6, 6.07) is 0. The largest absolute Gasteiger partial charge is 0.424 e. The van der Waals surface area contributed by atoms with E-state index in [-0.39, 0.29) is 23.3 Å². The van der Waals surface area contributed by atoms with E-state index in [0.29, 0.717) is 25.0 Å². The highest BCUT2D eigenvalue weighted by Gasteiger charge is 2.24. The highest BCUT2D eigenvalue weighted by Crippen LogP contribution is 2.28. The second kappa shape index (κ2) is 7.75. The van der Waals surface area contributed by atoms with Crippen LogP contribution in [0.15, 0.2) is 4.42 Å². The van der Waals surface area contributed by atoms with Crippen LogP contribution < -0.4 is 0 Å². The van der Waals surface area contributed by atoms with Gasteiger partial charge in [-0.1, -0.05) is 32.1 Å². The monoisotopic (exact) mass is 342 g/mol. The zero-order valence-electron chi connectivity index (χ0n) is 13.6. The third-order valence-electron chi connectivity index (χ3n) is 4.96. The normalized spacial score (nSPS) is 21.6. The first-order valence-corrected chi connectivity index (χ1v) is 10.5. The second-order valence-electron chi connectivity index (χ2n) is 6.81. The summed E-state index contributed by atoms with van der Waals surface area (Å²) >= 11 is 0. The van der Waals surface area contributed by atoms with Gasteiger partial charge in [-0.05, 0) is 25.2 Å². The van der Waals surface area contributed by atoms with Crippen LogP contribution in [0.5, 0.6) is 0 Å². The minimum atomic E-state index is -3.17.